The van der Waals surface area contributed by atoms with Crippen LogP contribution in [0.15, 0.2) is 24.3 Å². The molecule has 0 saturated carbocycles. The molecule has 1 aromatic rings. The largest absolute Gasteiger partial charge is 0.542 e. The summed E-state index contributed by atoms with van der Waals surface area (Å²) in [4.78, 5) is 9.97. The van der Waals surface area contributed by atoms with Crippen LogP contribution in [-0.2, 0) is 43.9 Å². The Hall–Kier alpha value is -0.136. The van der Waals surface area contributed by atoms with E-state index in [2.05, 4.69) is 6.92 Å². The Bertz CT molecular complexity index is 233. The molecule has 0 N–H and O–H groups in total. The summed E-state index contributed by atoms with van der Waals surface area (Å²) in [6.07, 6.45) is 2.18. The average molecular weight is 221 g/mol. The van der Waals surface area contributed by atoms with Gasteiger partial charge in [-0.1, -0.05) is 6.07 Å². The third-order valence-electron chi connectivity index (χ3n) is 1.38. The monoisotopic (exact) mass is 221 g/mol. The molecule has 1 rings (SSSR count). The van der Waals surface area contributed by atoms with Gasteiger partial charge in [-0.15, -0.1) is 12.1 Å². The Labute approximate surface area is 92.1 Å². The van der Waals surface area contributed by atoms with Crippen molar-refractivity contribution >= 4 is 6.29 Å². The van der Waals surface area contributed by atoms with Crippen molar-refractivity contribution in [2.45, 2.75) is 6.42 Å². The van der Waals surface area contributed by atoms with E-state index in [4.69, 9.17) is 0 Å². The zero-order valence-corrected chi connectivity index (χ0v) is 9.05. The van der Waals surface area contributed by atoms with Gasteiger partial charge in [0.25, 0.3) is 0 Å². The zero-order chi connectivity index (χ0) is 7.40. The molecule has 11 heavy (non-hydrogen) atoms. The van der Waals surface area contributed by atoms with Crippen LogP contribution in [0, 0.1) is 6.92 Å². The van der Waals surface area contributed by atoms with Crippen molar-refractivity contribution in [1.29, 1.82) is 0 Å². The first kappa shape index (κ1) is 10.9. The smallest absolute Gasteiger partial charge is 0 e. The van der Waals surface area contributed by atoms with Gasteiger partial charge in [0.2, 0.25) is 0 Å². The Kier molecular flexibility index (Phi) is 5.44. The summed E-state index contributed by atoms with van der Waals surface area (Å²) in [6.45, 7) is 3.76. The maximum absolute atomic E-state index is 9.97. The van der Waals surface area contributed by atoms with Gasteiger partial charge in [0, 0.05) is 32.7 Å². The molecular weight excluding hydrogens is 213 g/mol. The van der Waals surface area contributed by atoms with Gasteiger partial charge in [-0.25, -0.2) is 0 Å². The molecule has 1 radical (unpaired) electrons. The first-order valence-electron chi connectivity index (χ1n) is 3.09. The van der Waals surface area contributed by atoms with Gasteiger partial charge in [-0.3, -0.25) is 6.29 Å². The summed E-state index contributed by atoms with van der Waals surface area (Å²) in [7, 11) is 0. The van der Waals surface area contributed by atoms with Crippen LogP contribution in [0.4, 0.5) is 0 Å². The van der Waals surface area contributed by atoms with Crippen molar-refractivity contribution in [2.75, 3.05) is 0 Å². The normalized spacial score (nSPS) is 8.36. The molecule has 2 heteroatoms. The predicted octanol–water partition coefficient (Wildman–Crippen LogP) is 1.52. The summed E-state index contributed by atoms with van der Waals surface area (Å²) in [5.41, 5.74) is 1.86. The summed E-state index contributed by atoms with van der Waals surface area (Å²) in [6, 6.07) is 7.55. The molecule has 0 bridgehead atoms. The van der Waals surface area contributed by atoms with Crippen molar-refractivity contribution in [3.8, 4) is 0 Å². The van der Waals surface area contributed by atoms with Gasteiger partial charge < -0.3 is 4.79 Å². The third-order valence-corrected chi connectivity index (χ3v) is 1.38. The SMILES string of the molecule is [CH2-]c1ccccc1C[C-]=O.[Y]. The van der Waals surface area contributed by atoms with Crippen molar-refractivity contribution in [3.63, 3.8) is 0 Å². The molecular formula is C9H8OY-2. The molecule has 0 atom stereocenters. The van der Waals surface area contributed by atoms with E-state index in [0.29, 0.717) is 6.42 Å². The predicted molar refractivity (Wildman–Crippen MR) is 40.3 cm³/mol. The van der Waals surface area contributed by atoms with Crippen molar-refractivity contribution in [3.05, 3.63) is 42.3 Å². The molecule has 1 nitrogen and oxygen atoms in total. The molecule has 0 fully saturated rings. The van der Waals surface area contributed by atoms with Crippen molar-refractivity contribution in [1.82, 2.24) is 0 Å². The Morgan fingerprint density at radius 3 is 2.55 bits per heavy atom. The average Bonchev–Trinajstić information content (AvgIpc) is 1.94. The van der Waals surface area contributed by atoms with Gasteiger partial charge in [0.05, 0.1) is 0 Å². The molecule has 0 saturated heterocycles. The molecule has 0 heterocycles. The first-order valence-corrected chi connectivity index (χ1v) is 3.09. The fourth-order valence-corrected chi connectivity index (χ4v) is 0.808. The molecule has 0 spiro atoms. The second-order valence-electron chi connectivity index (χ2n) is 2.09. The van der Waals surface area contributed by atoms with Crippen LogP contribution in [0.5, 0.6) is 0 Å². The summed E-state index contributed by atoms with van der Waals surface area (Å²) in [5, 5.41) is 0. The molecule has 0 aromatic heterocycles. The maximum Gasteiger partial charge on any atom is 0 e. The first-order chi connectivity index (χ1) is 4.84. The van der Waals surface area contributed by atoms with E-state index in [-0.39, 0.29) is 32.7 Å². The van der Waals surface area contributed by atoms with Crippen LogP contribution in [-0.4, -0.2) is 6.29 Å². The van der Waals surface area contributed by atoms with E-state index in [1.54, 1.807) is 0 Å². The van der Waals surface area contributed by atoms with E-state index in [1.165, 1.54) is 0 Å². The number of carbonyl (C=O) groups excluding carboxylic acids is 1. The van der Waals surface area contributed by atoms with Gasteiger partial charge in [0.15, 0.2) is 0 Å². The van der Waals surface area contributed by atoms with Crippen LogP contribution in [0.1, 0.15) is 11.1 Å². The summed E-state index contributed by atoms with van der Waals surface area (Å²) in [5.74, 6) is 0. The molecule has 0 aliphatic rings. The fraction of sp³-hybridized carbons (Fsp3) is 0.111. The van der Waals surface area contributed by atoms with Gasteiger partial charge >= 0.3 is 0 Å². The van der Waals surface area contributed by atoms with Crippen LogP contribution < -0.4 is 0 Å². The number of rotatable bonds is 2. The Balaban J connectivity index is 0.000001000. The fourth-order valence-electron chi connectivity index (χ4n) is 0.808. The van der Waals surface area contributed by atoms with Crippen LogP contribution in [0.2, 0.25) is 0 Å². The standard InChI is InChI=1S/C9H8O.Y/c1-8-4-2-3-5-9(8)6-7-10;/h2-5H,1,6H2;/q-2;. The second-order valence-corrected chi connectivity index (χ2v) is 2.09. The van der Waals surface area contributed by atoms with Crippen molar-refractivity contribution in [2.24, 2.45) is 0 Å². The van der Waals surface area contributed by atoms with Gasteiger partial charge in [-0.05, 0) is 0 Å². The van der Waals surface area contributed by atoms with Crippen LogP contribution in [0.25, 0.3) is 0 Å². The molecule has 0 unspecified atom stereocenters. The number of benzene rings is 1. The van der Waals surface area contributed by atoms with Gasteiger partial charge in [0.1, 0.15) is 0 Å². The molecule has 0 aliphatic carbocycles. The third kappa shape index (κ3) is 3.17. The summed E-state index contributed by atoms with van der Waals surface area (Å²) >= 11 is 0. The zero-order valence-electron chi connectivity index (χ0n) is 6.21. The van der Waals surface area contributed by atoms with E-state index >= 15 is 0 Å². The van der Waals surface area contributed by atoms with E-state index in [1.807, 2.05) is 30.6 Å². The maximum atomic E-state index is 9.97. The molecule has 0 amide bonds. The Morgan fingerprint density at radius 1 is 1.36 bits per heavy atom. The number of hydrogen-bond donors (Lipinski definition) is 0. The second kappa shape index (κ2) is 5.51. The van der Waals surface area contributed by atoms with Crippen LogP contribution >= 0.6 is 0 Å². The molecule has 55 valence electrons. The summed E-state index contributed by atoms with van der Waals surface area (Å²) < 4.78 is 0. The topological polar surface area (TPSA) is 17.1 Å². The minimum absolute atomic E-state index is 0. The Morgan fingerprint density at radius 2 is 2.00 bits per heavy atom. The van der Waals surface area contributed by atoms with Gasteiger partial charge in [-0.2, -0.15) is 30.5 Å². The van der Waals surface area contributed by atoms with E-state index < -0.39 is 0 Å². The molecule has 1 aromatic carbocycles. The van der Waals surface area contributed by atoms with Crippen LogP contribution in [0.3, 0.4) is 0 Å². The van der Waals surface area contributed by atoms with E-state index in [9.17, 15) is 4.79 Å². The minimum Gasteiger partial charge on any atom is -0.542 e. The minimum atomic E-state index is 0. The van der Waals surface area contributed by atoms with Crippen molar-refractivity contribution < 1.29 is 37.5 Å². The van der Waals surface area contributed by atoms with E-state index in [0.717, 1.165) is 11.1 Å². The quantitative estimate of drug-likeness (QED) is 0.692. The molecule has 0 aliphatic heterocycles. The number of hydrogen-bond acceptors (Lipinski definition) is 1.